The van der Waals surface area contributed by atoms with Gasteiger partial charge in [-0.1, -0.05) is 32.9 Å². The number of carbonyl (C=O) groups is 3. The van der Waals surface area contributed by atoms with Crippen LogP contribution in [0.25, 0.3) is 0 Å². The van der Waals surface area contributed by atoms with Crippen molar-refractivity contribution in [2.45, 2.75) is 26.2 Å². The van der Waals surface area contributed by atoms with E-state index in [1.54, 1.807) is 60.7 Å². The summed E-state index contributed by atoms with van der Waals surface area (Å²) in [7, 11) is 1.53. The molecule has 3 amide bonds. The number of hydrogen-bond acceptors (Lipinski definition) is 5. The highest BCUT2D eigenvalue weighted by atomic mass is 32.1. The van der Waals surface area contributed by atoms with Gasteiger partial charge in [0.05, 0.1) is 7.11 Å². The predicted octanol–water partition coefficient (Wildman–Crippen LogP) is 4.19. The molecule has 0 spiro atoms. The third kappa shape index (κ3) is 7.13. The fraction of sp³-hybridized carbons (Fsp3) is 0.185. The largest absolute Gasteiger partial charge is 0.497 e. The van der Waals surface area contributed by atoms with Gasteiger partial charge < -0.3 is 10.1 Å². The Kier molecular flexibility index (Phi) is 8.39. The molecule has 0 aliphatic rings. The van der Waals surface area contributed by atoms with Crippen molar-refractivity contribution in [1.29, 1.82) is 0 Å². The lowest BCUT2D eigenvalue weighted by Crippen LogP contribution is -2.48. The van der Waals surface area contributed by atoms with E-state index in [1.165, 1.54) is 7.11 Å². The summed E-state index contributed by atoms with van der Waals surface area (Å²) in [5.41, 5.74) is 7.87. The minimum atomic E-state index is -0.466. The minimum absolute atomic E-state index is 0.00609. The zero-order chi connectivity index (χ0) is 26.3. The molecule has 0 aliphatic carbocycles. The molecular formula is C27H28N4O4S. The fourth-order valence-corrected chi connectivity index (χ4v) is 3.31. The molecule has 0 saturated carbocycles. The molecular weight excluding hydrogens is 476 g/mol. The van der Waals surface area contributed by atoms with E-state index in [-0.39, 0.29) is 16.4 Å². The van der Waals surface area contributed by atoms with Crippen molar-refractivity contribution in [3.63, 3.8) is 0 Å². The highest BCUT2D eigenvalue weighted by Gasteiger charge is 2.15. The Bertz CT molecular complexity index is 1250. The number of thiocarbonyl (C=S) groups is 1. The van der Waals surface area contributed by atoms with E-state index in [2.05, 4.69) is 42.3 Å². The van der Waals surface area contributed by atoms with E-state index in [0.717, 1.165) is 5.56 Å². The second kappa shape index (κ2) is 11.5. The van der Waals surface area contributed by atoms with Crippen LogP contribution >= 0.6 is 12.2 Å². The van der Waals surface area contributed by atoms with Crippen LogP contribution in [0.15, 0.2) is 72.8 Å². The van der Waals surface area contributed by atoms with Crippen LogP contribution in [0.3, 0.4) is 0 Å². The maximum Gasteiger partial charge on any atom is 0.269 e. The lowest BCUT2D eigenvalue weighted by atomic mass is 9.87. The first kappa shape index (κ1) is 26.4. The zero-order valence-electron chi connectivity index (χ0n) is 20.5. The summed E-state index contributed by atoms with van der Waals surface area (Å²) in [5, 5.41) is 5.23. The monoisotopic (exact) mass is 504 g/mol. The Hall–Kier alpha value is -4.24. The first-order valence-corrected chi connectivity index (χ1v) is 11.6. The van der Waals surface area contributed by atoms with Gasteiger partial charge in [0, 0.05) is 22.4 Å². The summed E-state index contributed by atoms with van der Waals surface area (Å²) in [5.74, 6) is -0.517. The number of hydrazine groups is 1. The third-order valence-corrected chi connectivity index (χ3v) is 5.49. The summed E-state index contributed by atoms with van der Waals surface area (Å²) in [4.78, 5) is 37.2. The van der Waals surface area contributed by atoms with Crippen LogP contribution in [-0.2, 0) is 5.41 Å². The van der Waals surface area contributed by atoms with Crippen LogP contribution in [0.5, 0.6) is 5.75 Å². The molecule has 0 aliphatic heterocycles. The maximum absolute atomic E-state index is 12.5. The van der Waals surface area contributed by atoms with Crippen LogP contribution in [-0.4, -0.2) is 29.9 Å². The number of anilines is 1. The smallest absolute Gasteiger partial charge is 0.269 e. The molecule has 3 aromatic carbocycles. The lowest BCUT2D eigenvalue weighted by molar-refractivity contribution is 0.0934. The van der Waals surface area contributed by atoms with E-state index in [4.69, 9.17) is 17.0 Å². The van der Waals surface area contributed by atoms with Crippen LogP contribution in [0.1, 0.15) is 57.4 Å². The van der Waals surface area contributed by atoms with E-state index in [0.29, 0.717) is 28.1 Å². The molecule has 0 atom stereocenters. The number of rotatable bonds is 5. The van der Waals surface area contributed by atoms with E-state index in [9.17, 15) is 14.4 Å². The summed E-state index contributed by atoms with van der Waals surface area (Å²) in [6, 6.07) is 20.3. The molecule has 0 radical (unpaired) electrons. The van der Waals surface area contributed by atoms with Crippen molar-refractivity contribution in [1.82, 2.24) is 16.2 Å². The Morgan fingerprint density at radius 3 is 1.75 bits per heavy atom. The number of hydrogen-bond donors (Lipinski definition) is 4. The van der Waals surface area contributed by atoms with Crippen LogP contribution in [0.2, 0.25) is 0 Å². The lowest BCUT2D eigenvalue weighted by Gasteiger charge is -2.19. The number of ether oxygens (including phenoxy) is 1. The molecule has 0 aromatic heterocycles. The molecule has 9 heteroatoms. The predicted molar refractivity (Wildman–Crippen MR) is 143 cm³/mol. The highest BCUT2D eigenvalue weighted by Crippen LogP contribution is 2.22. The number of benzene rings is 3. The Labute approximate surface area is 215 Å². The van der Waals surface area contributed by atoms with Crippen LogP contribution < -0.4 is 26.2 Å². The Morgan fingerprint density at radius 1 is 0.694 bits per heavy atom. The second-order valence-electron chi connectivity index (χ2n) is 8.95. The zero-order valence-corrected chi connectivity index (χ0v) is 21.3. The Morgan fingerprint density at radius 2 is 1.19 bits per heavy atom. The standard InChI is InChI=1S/C27H28N4O4S/c1-27(2,3)20-11-5-17(6-12-20)23(32)28-21-13-7-19(8-14-21)25(34)30-31-26(36)29-24(33)18-9-15-22(35-4)16-10-18/h5-16H,1-4H3,(H,28,32)(H,30,34)(H2,29,31,33,36). The minimum Gasteiger partial charge on any atom is -0.497 e. The van der Waals surface area contributed by atoms with Crippen LogP contribution in [0.4, 0.5) is 5.69 Å². The van der Waals surface area contributed by atoms with E-state index < -0.39 is 11.8 Å². The van der Waals surface area contributed by atoms with Gasteiger partial charge >= 0.3 is 0 Å². The summed E-state index contributed by atoms with van der Waals surface area (Å²) < 4.78 is 5.06. The molecule has 8 nitrogen and oxygen atoms in total. The quantitative estimate of drug-likeness (QED) is 0.307. The highest BCUT2D eigenvalue weighted by molar-refractivity contribution is 7.80. The topological polar surface area (TPSA) is 109 Å². The van der Waals surface area contributed by atoms with Gasteiger partial charge in [-0.05, 0) is 83.9 Å². The maximum atomic E-state index is 12.5. The number of amides is 3. The summed E-state index contributed by atoms with van der Waals surface area (Å²) >= 11 is 5.06. The SMILES string of the molecule is COc1ccc(C(=O)NC(=S)NNC(=O)c2ccc(NC(=O)c3ccc(C(C)(C)C)cc3)cc2)cc1. The summed E-state index contributed by atoms with van der Waals surface area (Å²) in [6.07, 6.45) is 0. The third-order valence-electron chi connectivity index (χ3n) is 5.29. The average molecular weight is 505 g/mol. The second-order valence-corrected chi connectivity index (χ2v) is 9.36. The number of methoxy groups -OCH3 is 1. The van der Waals surface area contributed by atoms with Gasteiger partial charge in [-0.3, -0.25) is 30.6 Å². The molecule has 186 valence electrons. The van der Waals surface area contributed by atoms with E-state index >= 15 is 0 Å². The van der Waals surface area contributed by atoms with Gasteiger partial charge in [-0.25, -0.2) is 0 Å². The average Bonchev–Trinajstić information content (AvgIpc) is 2.87. The molecule has 0 heterocycles. The van der Waals surface area contributed by atoms with Crippen LogP contribution in [0, 0.1) is 0 Å². The van der Waals surface area contributed by atoms with Crippen molar-refractivity contribution >= 4 is 40.7 Å². The van der Waals surface area contributed by atoms with Crippen molar-refractivity contribution in [2.24, 2.45) is 0 Å². The summed E-state index contributed by atoms with van der Waals surface area (Å²) in [6.45, 7) is 6.34. The van der Waals surface area contributed by atoms with Crippen molar-refractivity contribution < 1.29 is 19.1 Å². The molecule has 4 N–H and O–H groups in total. The van der Waals surface area contributed by atoms with Gasteiger partial charge in [-0.15, -0.1) is 0 Å². The van der Waals surface area contributed by atoms with Gasteiger partial charge in [0.2, 0.25) is 0 Å². The van der Waals surface area contributed by atoms with Gasteiger partial charge in [0.25, 0.3) is 17.7 Å². The Balaban J connectivity index is 1.49. The number of carbonyl (C=O) groups excluding carboxylic acids is 3. The first-order valence-electron chi connectivity index (χ1n) is 11.1. The van der Waals surface area contributed by atoms with Gasteiger partial charge in [0.15, 0.2) is 5.11 Å². The molecule has 0 fully saturated rings. The van der Waals surface area contributed by atoms with Crippen molar-refractivity contribution in [3.05, 3.63) is 95.1 Å². The van der Waals surface area contributed by atoms with Crippen molar-refractivity contribution in [3.8, 4) is 5.75 Å². The van der Waals surface area contributed by atoms with Gasteiger partial charge in [0.1, 0.15) is 5.75 Å². The normalized spacial score (nSPS) is 10.7. The first-order chi connectivity index (χ1) is 17.1. The molecule has 0 bridgehead atoms. The molecule has 3 aromatic rings. The van der Waals surface area contributed by atoms with E-state index in [1.807, 2.05) is 12.1 Å². The number of nitrogens with one attached hydrogen (secondary N) is 4. The molecule has 36 heavy (non-hydrogen) atoms. The molecule has 0 saturated heterocycles. The molecule has 3 rings (SSSR count). The molecule has 0 unspecified atom stereocenters. The van der Waals surface area contributed by atoms with Crippen molar-refractivity contribution in [2.75, 3.05) is 12.4 Å². The fourth-order valence-electron chi connectivity index (χ4n) is 3.16. The van der Waals surface area contributed by atoms with Gasteiger partial charge in [-0.2, -0.15) is 0 Å².